The smallest absolute Gasteiger partial charge is 0.248 e. The first-order chi connectivity index (χ1) is 12.0. The van der Waals surface area contributed by atoms with E-state index in [0.717, 1.165) is 10.0 Å². The number of amides is 1. The van der Waals surface area contributed by atoms with Gasteiger partial charge in [0.2, 0.25) is 5.91 Å². The second kappa shape index (κ2) is 7.59. The lowest BCUT2D eigenvalue weighted by Crippen LogP contribution is -2.08. The molecule has 25 heavy (non-hydrogen) atoms. The molecule has 1 aromatic heterocycles. The van der Waals surface area contributed by atoms with Gasteiger partial charge in [-0.25, -0.2) is 0 Å². The Bertz CT molecular complexity index is 950. The maximum absolute atomic E-state index is 12.0. The number of rotatable bonds is 4. The molecule has 3 N–H and O–H groups in total. The number of carbonyl (C=O) groups is 1. The standard InChI is InChI=1S/C19H14BrClN2O2/c20-15-4-2-1-3-14(15)18-9-6-13(25-18)7-10-19(24)23-17-8-5-12(22)11-16(17)21/h1-11H,22H2,(H,23,24)/b10-7+. The van der Waals surface area contributed by atoms with Gasteiger partial charge in [-0.3, -0.25) is 4.79 Å². The third-order valence-corrected chi connectivity index (χ3v) is 4.42. The van der Waals surface area contributed by atoms with Crippen LogP contribution in [-0.4, -0.2) is 5.91 Å². The lowest BCUT2D eigenvalue weighted by Gasteiger charge is -2.05. The molecule has 126 valence electrons. The lowest BCUT2D eigenvalue weighted by atomic mass is 10.2. The van der Waals surface area contributed by atoms with E-state index >= 15 is 0 Å². The van der Waals surface area contributed by atoms with Crippen LogP contribution in [0.15, 0.2) is 69.6 Å². The number of anilines is 2. The molecule has 4 nitrogen and oxygen atoms in total. The zero-order chi connectivity index (χ0) is 17.8. The number of halogens is 2. The molecule has 0 radical (unpaired) electrons. The number of nitrogens with two attached hydrogens (primary N) is 1. The molecule has 0 saturated carbocycles. The molecule has 0 aliphatic heterocycles. The second-order valence-electron chi connectivity index (χ2n) is 5.24. The van der Waals surface area contributed by atoms with Crippen LogP contribution < -0.4 is 11.1 Å². The third kappa shape index (κ3) is 4.32. The first-order valence-corrected chi connectivity index (χ1v) is 8.59. The Morgan fingerprint density at radius 3 is 2.72 bits per heavy atom. The summed E-state index contributed by atoms with van der Waals surface area (Å²) in [6.45, 7) is 0. The summed E-state index contributed by atoms with van der Waals surface area (Å²) in [4.78, 5) is 12.0. The van der Waals surface area contributed by atoms with Crippen LogP contribution in [0.5, 0.6) is 0 Å². The maximum Gasteiger partial charge on any atom is 0.248 e. The van der Waals surface area contributed by atoms with Crippen LogP contribution in [0.2, 0.25) is 5.02 Å². The van der Waals surface area contributed by atoms with Crippen molar-refractivity contribution in [1.82, 2.24) is 0 Å². The molecular weight excluding hydrogens is 404 g/mol. The van der Waals surface area contributed by atoms with Crippen molar-refractivity contribution in [2.75, 3.05) is 11.1 Å². The molecule has 3 aromatic rings. The van der Waals surface area contributed by atoms with Crippen molar-refractivity contribution in [2.24, 2.45) is 0 Å². The molecule has 2 aromatic carbocycles. The summed E-state index contributed by atoms with van der Waals surface area (Å²) in [5, 5.41) is 3.08. The van der Waals surface area contributed by atoms with Gasteiger partial charge in [-0.2, -0.15) is 0 Å². The second-order valence-corrected chi connectivity index (χ2v) is 6.51. The highest BCUT2D eigenvalue weighted by atomic mass is 79.9. The SMILES string of the molecule is Nc1ccc(NC(=O)/C=C/c2ccc(-c3ccccc3Br)o2)c(Cl)c1. The minimum Gasteiger partial charge on any atom is -0.457 e. The monoisotopic (exact) mass is 416 g/mol. The Labute approximate surface area is 158 Å². The summed E-state index contributed by atoms with van der Waals surface area (Å²) < 4.78 is 6.69. The predicted octanol–water partition coefficient (Wildman–Crippen LogP) is 5.60. The van der Waals surface area contributed by atoms with Gasteiger partial charge in [-0.15, -0.1) is 0 Å². The van der Waals surface area contributed by atoms with Crippen molar-refractivity contribution in [3.05, 3.63) is 75.9 Å². The van der Waals surface area contributed by atoms with Gasteiger partial charge < -0.3 is 15.5 Å². The average Bonchev–Trinajstić information content (AvgIpc) is 3.05. The van der Waals surface area contributed by atoms with Crippen molar-refractivity contribution >= 4 is 50.9 Å². The number of nitrogen functional groups attached to an aromatic ring is 1. The van der Waals surface area contributed by atoms with Gasteiger partial charge >= 0.3 is 0 Å². The summed E-state index contributed by atoms with van der Waals surface area (Å²) in [6, 6.07) is 16.3. The minimum atomic E-state index is -0.314. The van der Waals surface area contributed by atoms with E-state index in [2.05, 4.69) is 21.2 Å². The fourth-order valence-electron chi connectivity index (χ4n) is 2.21. The molecule has 3 rings (SSSR count). The van der Waals surface area contributed by atoms with E-state index in [1.54, 1.807) is 30.3 Å². The number of nitrogens with one attached hydrogen (secondary N) is 1. The summed E-state index contributed by atoms with van der Waals surface area (Å²) in [5.74, 6) is 0.976. The number of carbonyl (C=O) groups excluding carboxylic acids is 1. The van der Waals surface area contributed by atoms with E-state index in [0.29, 0.717) is 27.9 Å². The van der Waals surface area contributed by atoms with Crippen LogP contribution >= 0.6 is 27.5 Å². The van der Waals surface area contributed by atoms with E-state index in [9.17, 15) is 4.79 Å². The average molecular weight is 418 g/mol. The van der Waals surface area contributed by atoms with Gasteiger partial charge in [0.15, 0.2) is 0 Å². The van der Waals surface area contributed by atoms with Crippen LogP contribution in [0, 0.1) is 0 Å². The fraction of sp³-hybridized carbons (Fsp3) is 0. The molecule has 0 atom stereocenters. The van der Waals surface area contributed by atoms with E-state index < -0.39 is 0 Å². The first kappa shape index (κ1) is 17.3. The van der Waals surface area contributed by atoms with E-state index in [1.165, 1.54) is 6.08 Å². The summed E-state index contributed by atoms with van der Waals surface area (Å²) in [5.41, 5.74) is 7.61. The molecule has 6 heteroatoms. The minimum absolute atomic E-state index is 0.314. The Morgan fingerprint density at radius 2 is 1.96 bits per heavy atom. The molecule has 0 fully saturated rings. The highest BCUT2D eigenvalue weighted by molar-refractivity contribution is 9.10. The molecule has 0 spiro atoms. The number of hydrogen-bond acceptors (Lipinski definition) is 3. The van der Waals surface area contributed by atoms with E-state index in [1.807, 2.05) is 30.3 Å². The molecular formula is C19H14BrClN2O2. The third-order valence-electron chi connectivity index (χ3n) is 3.42. The van der Waals surface area contributed by atoms with Crippen LogP contribution in [0.25, 0.3) is 17.4 Å². The molecule has 1 heterocycles. The van der Waals surface area contributed by atoms with Gasteiger partial charge in [-0.05, 0) is 42.5 Å². The fourth-order valence-corrected chi connectivity index (χ4v) is 2.93. The van der Waals surface area contributed by atoms with Crippen LogP contribution in [-0.2, 0) is 4.79 Å². The molecule has 0 unspecified atom stereocenters. The zero-order valence-corrected chi connectivity index (χ0v) is 15.3. The van der Waals surface area contributed by atoms with Crippen molar-refractivity contribution < 1.29 is 9.21 Å². The van der Waals surface area contributed by atoms with Crippen LogP contribution in [0.3, 0.4) is 0 Å². The number of benzene rings is 2. The topological polar surface area (TPSA) is 68.3 Å². The summed E-state index contributed by atoms with van der Waals surface area (Å²) in [7, 11) is 0. The quantitative estimate of drug-likeness (QED) is 0.429. The van der Waals surface area contributed by atoms with Gasteiger partial charge in [0.1, 0.15) is 11.5 Å². The lowest BCUT2D eigenvalue weighted by molar-refractivity contribution is -0.111. The van der Waals surface area contributed by atoms with Gasteiger partial charge in [-0.1, -0.05) is 45.7 Å². The summed E-state index contributed by atoms with van der Waals surface area (Å²) in [6.07, 6.45) is 2.98. The Balaban J connectivity index is 1.70. The van der Waals surface area contributed by atoms with Gasteiger partial charge in [0.05, 0.1) is 10.7 Å². The Kier molecular flexibility index (Phi) is 5.26. The first-order valence-electron chi connectivity index (χ1n) is 7.42. The molecule has 0 aliphatic rings. The number of furan rings is 1. The van der Waals surface area contributed by atoms with Crippen molar-refractivity contribution in [3.63, 3.8) is 0 Å². The summed E-state index contributed by atoms with van der Waals surface area (Å²) >= 11 is 9.52. The van der Waals surface area contributed by atoms with Crippen LogP contribution in [0.1, 0.15) is 5.76 Å². The van der Waals surface area contributed by atoms with Crippen molar-refractivity contribution in [3.8, 4) is 11.3 Å². The molecule has 0 aliphatic carbocycles. The van der Waals surface area contributed by atoms with Crippen LogP contribution in [0.4, 0.5) is 11.4 Å². The van der Waals surface area contributed by atoms with Crippen molar-refractivity contribution in [2.45, 2.75) is 0 Å². The molecule has 1 amide bonds. The largest absolute Gasteiger partial charge is 0.457 e. The highest BCUT2D eigenvalue weighted by Crippen LogP contribution is 2.29. The molecule has 0 bridgehead atoms. The molecule has 0 saturated heterocycles. The zero-order valence-electron chi connectivity index (χ0n) is 13.0. The van der Waals surface area contributed by atoms with E-state index in [4.69, 9.17) is 21.8 Å². The van der Waals surface area contributed by atoms with E-state index in [-0.39, 0.29) is 5.91 Å². The maximum atomic E-state index is 12.0. The van der Waals surface area contributed by atoms with Gasteiger partial charge in [0.25, 0.3) is 0 Å². The van der Waals surface area contributed by atoms with Crippen molar-refractivity contribution in [1.29, 1.82) is 0 Å². The predicted molar refractivity (Wildman–Crippen MR) is 105 cm³/mol. The van der Waals surface area contributed by atoms with Gasteiger partial charge in [0, 0.05) is 21.8 Å². The Hall–Kier alpha value is -2.50. The normalized spacial score (nSPS) is 11.0. The number of hydrogen-bond donors (Lipinski definition) is 2. The Morgan fingerprint density at radius 1 is 1.16 bits per heavy atom. The highest BCUT2D eigenvalue weighted by Gasteiger charge is 2.07.